The maximum Gasteiger partial charge on any atom is 0.262 e. The molecule has 1 saturated carbocycles. The lowest BCUT2D eigenvalue weighted by Gasteiger charge is -2.22. The Kier molecular flexibility index (Phi) is 5.94. The van der Waals surface area contributed by atoms with Crippen LogP contribution in [0, 0.1) is 17.1 Å². The molecule has 0 unspecified atom stereocenters. The zero-order valence-electron chi connectivity index (χ0n) is 16.8. The van der Waals surface area contributed by atoms with Crippen molar-refractivity contribution >= 4 is 22.9 Å². The summed E-state index contributed by atoms with van der Waals surface area (Å²) in [6.07, 6.45) is 9.03. The van der Waals surface area contributed by atoms with Crippen LogP contribution >= 0.6 is 0 Å². The average Bonchev–Trinajstić information content (AvgIpc) is 3.14. The molecule has 1 N–H and O–H groups in total. The van der Waals surface area contributed by atoms with Gasteiger partial charge in [0, 0.05) is 29.7 Å². The smallest absolute Gasteiger partial charge is 0.262 e. The number of carbonyl (C=O) groups excluding carboxylic acids is 1. The Hall–Kier alpha value is -3.39. The third-order valence-corrected chi connectivity index (χ3v) is 5.65. The van der Waals surface area contributed by atoms with Gasteiger partial charge in [-0.1, -0.05) is 37.5 Å². The number of hydrogen-bond acceptors (Lipinski definition) is 2. The molecule has 1 amide bonds. The van der Waals surface area contributed by atoms with Gasteiger partial charge in [0.15, 0.2) is 0 Å². The van der Waals surface area contributed by atoms with Crippen LogP contribution in [0.15, 0.2) is 60.3 Å². The zero-order chi connectivity index (χ0) is 20.9. The molecule has 0 aliphatic heterocycles. The second-order valence-corrected chi connectivity index (χ2v) is 7.87. The van der Waals surface area contributed by atoms with E-state index < -0.39 is 0 Å². The fourth-order valence-corrected chi connectivity index (χ4v) is 4.10. The summed E-state index contributed by atoms with van der Waals surface area (Å²) < 4.78 is 15.5. The molecule has 5 heteroatoms. The molecule has 1 aliphatic rings. The monoisotopic (exact) mass is 401 g/mol. The number of halogens is 1. The lowest BCUT2D eigenvalue weighted by atomic mass is 9.95. The third kappa shape index (κ3) is 4.60. The van der Waals surface area contributed by atoms with Crippen molar-refractivity contribution in [3.63, 3.8) is 0 Å². The first-order valence-electron chi connectivity index (χ1n) is 10.4. The minimum Gasteiger partial charge on any atom is -0.349 e. The van der Waals surface area contributed by atoms with Crippen molar-refractivity contribution in [2.45, 2.75) is 44.7 Å². The van der Waals surface area contributed by atoms with E-state index in [2.05, 4.69) is 9.88 Å². The predicted octanol–water partition coefficient (Wildman–Crippen LogP) is 5.18. The number of nitriles is 1. The van der Waals surface area contributed by atoms with Crippen molar-refractivity contribution in [1.82, 2.24) is 9.88 Å². The molecule has 152 valence electrons. The maximum atomic E-state index is 13.5. The second-order valence-electron chi connectivity index (χ2n) is 7.87. The molecule has 0 radical (unpaired) electrons. The van der Waals surface area contributed by atoms with Crippen LogP contribution in [-0.4, -0.2) is 16.5 Å². The normalized spacial score (nSPS) is 15.1. The van der Waals surface area contributed by atoms with Gasteiger partial charge in [0.25, 0.3) is 5.91 Å². The number of amides is 1. The van der Waals surface area contributed by atoms with Crippen LogP contribution in [0.3, 0.4) is 0 Å². The van der Waals surface area contributed by atoms with Crippen LogP contribution in [0.5, 0.6) is 0 Å². The number of hydrogen-bond donors (Lipinski definition) is 1. The number of nitrogens with zero attached hydrogens (tertiary/aromatic N) is 2. The molecular formula is C25H24FN3O. The number of carbonyl (C=O) groups is 1. The van der Waals surface area contributed by atoms with Crippen molar-refractivity contribution in [3.05, 3.63) is 77.2 Å². The first kappa shape index (κ1) is 19.9. The molecule has 1 aliphatic carbocycles. The van der Waals surface area contributed by atoms with Crippen molar-refractivity contribution in [3.8, 4) is 6.07 Å². The molecule has 30 heavy (non-hydrogen) atoms. The Balaban J connectivity index is 1.52. The SMILES string of the molecule is N#C/C(=C\c1ccc2c(ccn2Cc2cccc(F)c2)c1)C(=O)NC1CCCCC1. The highest BCUT2D eigenvalue weighted by Gasteiger charge is 2.18. The minimum atomic E-state index is -0.298. The topological polar surface area (TPSA) is 57.8 Å². The van der Waals surface area contributed by atoms with Crippen LogP contribution in [0.2, 0.25) is 0 Å². The molecule has 4 nitrogen and oxygen atoms in total. The lowest BCUT2D eigenvalue weighted by Crippen LogP contribution is -2.36. The summed E-state index contributed by atoms with van der Waals surface area (Å²) in [5.74, 6) is -0.542. The Morgan fingerprint density at radius 1 is 1.17 bits per heavy atom. The number of rotatable bonds is 5. The van der Waals surface area contributed by atoms with Gasteiger partial charge in [0.05, 0.1) is 0 Å². The van der Waals surface area contributed by atoms with Gasteiger partial charge >= 0.3 is 0 Å². The summed E-state index contributed by atoms with van der Waals surface area (Å²) in [5.41, 5.74) is 2.84. The van der Waals surface area contributed by atoms with E-state index in [9.17, 15) is 14.4 Å². The zero-order valence-corrected chi connectivity index (χ0v) is 16.8. The Labute approximate surface area is 175 Å². The summed E-state index contributed by atoms with van der Waals surface area (Å²) >= 11 is 0. The summed E-state index contributed by atoms with van der Waals surface area (Å²) in [5, 5.41) is 13.5. The second kappa shape index (κ2) is 8.96. The van der Waals surface area contributed by atoms with Crippen LogP contribution in [0.1, 0.15) is 43.2 Å². The van der Waals surface area contributed by atoms with Gasteiger partial charge in [0.1, 0.15) is 17.5 Å². The standard InChI is InChI=1S/C25H24FN3O/c26-22-6-4-5-19(15-22)17-29-12-11-20-13-18(9-10-24(20)29)14-21(16-27)25(30)28-23-7-2-1-3-8-23/h4-6,9-15,23H,1-3,7-8,17H2,(H,28,30)/b21-14+. The van der Waals surface area contributed by atoms with E-state index in [0.29, 0.717) is 6.54 Å². The molecule has 1 heterocycles. The van der Waals surface area contributed by atoms with E-state index in [1.54, 1.807) is 12.1 Å². The van der Waals surface area contributed by atoms with Crippen molar-refractivity contribution in [1.29, 1.82) is 5.26 Å². The van der Waals surface area contributed by atoms with Crippen LogP contribution in [0.4, 0.5) is 4.39 Å². The number of nitrogens with one attached hydrogen (secondary N) is 1. The highest BCUT2D eigenvalue weighted by atomic mass is 19.1. The van der Waals surface area contributed by atoms with Crippen molar-refractivity contribution < 1.29 is 9.18 Å². The Bertz CT molecular complexity index is 1130. The van der Waals surface area contributed by atoms with Crippen LogP contribution < -0.4 is 5.32 Å². The molecule has 0 spiro atoms. The predicted molar refractivity (Wildman–Crippen MR) is 116 cm³/mol. The van der Waals surface area contributed by atoms with E-state index in [0.717, 1.165) is 47.7 Å². The van der Waals surface area contributed by atoms with E-state index in [1.165, 1.54) is 18.6 Å². The van der Waals surface area contributed by atoms with Gasteiger partial charge in [-0.05, 0) is 60.4 Å². The molecule has 0 bridgehead atoms. The number of benzene rings is 2. The quantitative estimate of drug-likeness (QED) is 0.473. The van der Waals surface area contributed by atoms with Crippen molar-refractivity contribution in [2.24, 2.45) is 0 Å². The van der Waals surface area contributed by atoms with Gasteiger partial charge in [-0.2, -0.15) is 5.26 Å². The van der Waals surface area contributed by atoms with E-state index >= 15 is 0 Å². The van der Waals surface area contributed by atoms with Gasteiger partial charge in [-0.3, -0.25) is 4.79 Å². The van der Waals surface area contributed by atoms with E-state index in [-0.39, 0.29) is 23.3 Å². The molecule has 1 fully saturated rings. The van der Waals surface area contributed by atoms with Crippen LogP contribution in [-0.2, 0) is 11.3 Å². The minimum absolute atomic E-state index is 0.124. The summed E-state index contributed by atoms with van der Waals surface area (Å²) in [4.78, 5) is 12.5. The third-order valence-electron chi connectivity index (χ3n) is 5.65. The fraction of sp³-hybridized carbons (Fsp3) is 0.280. The fourth-order valence-electron chi connectivity index (χ4n) is 4.10. The van der Waals surface area contributed by atoms with Gasteiger partial charge in [-0.25, -0.2) is 4.39 Å². The molecule has 2 aromatic carbocycles. The van der Waals surface area contributed by atoms with Crippen molar-refractivity contribution in [2.75, 3.05) is 0 Å². The average molecular weight is 401 g/mol. The first-order chi connectivity index (χ1) is 14.6. The number of aromatic nitrogens is 1. The Morgan fingerprint density at radius 2 is 2.00 bits per heavy atom. The van der Waals surface area contributed by atoms with Gasteiger partial charge in [0.2, 0.25) is 0 Å². The van der Waals surface area contributed by atoms with Crippen LogP contribution in [0.25, 0.3) is 17.0 Å². The molecule has 4 rings (SSSR count). The number of fused-ring (bicyclic) bond motifs is 1. The molecule has 0 atom stereocenters. The van der Waals surface area contributed by atoms with E-state index in [4.69, 9.17) is 0 Å². The highest BCUT2D eigenvalue weighted by molar-refractivity contribution is 6.02. The summed E-state index contributed by atoms with van der Waals surface area (Å²) in [6, 6.07) is 16.6. The molecule has 1 aromatic heterocycles. The van der Waals surface area contributed by atoms with Gasteiger partial charge < -0.3 is 9.88 Å². The van der Waals surface area contributed by atoms with E-state index in [1.807, 2.05) is 42.6 Å². The Morgan fingerprint density at radius 3 is 2.77 bits per heavy atom. The summed E-state index contributed by atoms with van der Waals surface area (Å²) in [6.45, 7) is 0.573. The highest BCUT2D eigenvalue weighted by Crippen LogP contribution is 2.22. The first-order valence-corrected chi connectivity index (χ1v) is 10.4. The molecular weight excluding hydrogens is 377 g/mol. The molecule has 3 aromatic rings. The maximum absolute atomic E-state index is 13.5. The summed E-state index contributed by atoms with van der Waals surface area (Å²) in [7, 11) is 0. The lowest BCUT2D eigenvalue weighted by molar-refractivity contribution is -0.117. The van der Waals surface area contributed by atoms with Gasteiger partial charge in [-0.15, -0.1) is 0 Å². The largest absolute Gasteiger partial charge is 0.349 e. The molecule has 0 saturated heterocycles.